The van der Waals surface area contributed by atoms with Gasteiger partial charge in [0, 0.05) is 12.0 Å². The Bertz CT molecular complexity index is 553. The highest BCUT2D eigenvalue weighted by molar-refractivity contribution is 7.98. The highest BCUT2D eigenvalue weighted by Crippen LogP contribution is 2.30. The fraction of sp³-hybridized carbons (Fsp3) is 0.333. The molecule has 0 aliphatic heterocycles. The topological polar surface area (TPSA) is 21.3 Å². The van der Waals surface area contributed by atoms with Gasteiger partial charge in [-0.3, -0.25) is 0 Å². The Morgan fingerprint density at radius 1 is 1.10 bits per heavy atom. The molecule has 0 radical (unpaired) electrons. The van der Waals surface area contributed by atoms with Gasteiger partial charge in [0.25, 0.3) is 0 Å². The van der Waals surface area contributed by atoms with Crippen LogP contribution in [0.15, 0.2) is 53.4 Å². The molecule has 1 unspecified atom stereocenters. The van der Waals surface area contributed by atoms with Gasteiger partial charge in [0.1, 0.15) is 0 Å². The largest absolute Gasteiger partial charge is 0.384 e. The summed E-state index contributed by atoms with van der Waals surface area (Å²) < 4.78 is 5.13. The van der Waals surface area contributed by atoms with Crippen LogP contribution >= 0.6 is 11.8 Å². The minimum absolute atomic E-state index is 0.227. The standard InChI is InChI=1S/C18H23NOS/c1-19-18(16-6-4-5-7-17(16)21-3)15-10-8-14(9-11-15)12-13-20-2/h4-11,18-19H,12-13H2,1-3H3. The molecule has 0 bridgehead atoms. The number of methoxy groups -OCH3 is 1. The molecule has 0 saturated carbocycles. The van der Waals surface area contributed by atoms with Gasteiger partial charge in [-0.25, -0.2) is 0 Å². The first-order chi connectivity index (χ1) is 10.3. The van der Waals surface area contributed by atoms with Crippen molar-refractivity contribution in [3.8, 4) is 0 Å². The molecule has 0 aromatic heterocycles. The molecule has 2 rings (SSSR count). The van der Waals surface area contributed by atoms with Crippen LogP contribution in [0.3, 0.4) is 0 Å². The zero-order valence-corrected chi connectivity index (χ0v) is 13.7. The Kier molecular flexibility index (Phi) is 6.30. The molecule has 1 N–H and O–H groups in total. The average molecular weight is 301 g/mol. The zero-order valence-electron chi connectivity index (χ0n) is 12.9. The summed E-state index contributed by atoms with van der Waals surface area (Å²) in [5, 5.41) is 3.43. The van der Waals surface area contributed by atoms with Crippen molar-refractivity contribution in [3.05, 3.63) is 65.2 Å². The normalized spacial score (nSPS) is 12.3. The lowest BCUT2D eigenvalue weighted by Gasteiger charge is -2.20. The Morgan fingerprint density at radius 3 is 2.43 bits per heavy atom. The molecule has 2 aromatic rings. The number of hydrogen-bond acceptors (Lipinski definition) is 3. The fourth-order valence-corrected chi connectivity index (χ4v) is 3.14. The second kappa shape index (κ2) is 8.23. The van der Waals surface area contributed by atoms with Gasteiger partial charge in [0.15, 0.2) is 0 Å². The van der Waals surface area contributed by atoms with E-state index in [1.54, 1.807) is 18.9 Å². The van der Waals surface area contributed by atoms with Crippen LogP contribution in [0.4, 0.5) is 0 Å². The third-order valence-corrected chi connectivity index (χ3v) is 4.46. The van der Waals surface area contributed by atoms with Crippen LogP contribution in [0.25, 0.3) is 0 Å². The van der Waals surface area contributed by atoms with Gasteiger partial charge in [-0.05, 0) is 42.5 Å². The minimum Gasteiger partial charge on any atom is -0.384 e. The average Bonchev–Trinajstić information content (AvgIpc) is 2.55. The van der Waals surface area contributed by atoms with Gasteiger partial charge in [-0.15, -0.1) is 11.8 Å². The van der Waals surface area contributed by atoms with Crippen molar-refractivity contribution in [2.75, 3.05) is 27.0 Å². The lowest BCUT2D eigenvalue weighted by Crippen LogP contribution is -2.18. The Morgan fingerprint density at radius 2 is 1.81 bits per heavy atom. The van der Waals surface area contributed by atoms with E-state index in [0.29, 0.717) is 0 Å². The number of thioether (sulfide) groups is 1. The summed E-state index contributed by atoms with van der Waals surface area (Å²) >= 11 is 1.79. The smallest absolute Gasteiger partial charge is 0.0585 e. The first kappa shape index (κ1) is 16.1. The molecule has 0 spiro atoms. The van der Waals surface area contributed by atoms with Crippen molar-refractivity contribution in [2.24, 2.45) is 0 Å². The monoisotopic (exact) mass is 301 g/mol. The van der Waals surface area contributed by atoms with Gasteiger partial charge in [-0.1, -0.05) is 42.5 Å². The minimum atomic E-state index is 0.227. The van der Waals surface area contributed by atoms with E-state index in [4.69, 9.17) is 4.74 Å². The first-order valence-electron chi connectivity index (χ1n) is 7.18. The van der Waals surface area contributed by atoms with Gasteiger partial charge in [0.05, 0.1) is 12.6 Å². The van der Waals surface area contributed by atoms with E-state index in [1.807, 2.05) is 7.05 Å². The van der Waals surface area contributed by atoms with Gasteiger partial charge >= 0.3 is 0 Å². The maximum atomic E-state index is 5.13. The Balaban J connectivity index is 2.24. The molecule has 0 saturated heterocycles. The first-order valence-corrected chi connectivity index (χ1v) is 8.40. The summed E-state index contributed by atoms with van der Waals surface area (Å²) in [6.45, 7) is 0.768. The SMILES string of the molecule is CNC(c1ccc(CCOC)cc1)c1ccccc1SC. The quantitative estimate of drug-likeness (QED) is 0.784. The number of nitrogens with one attached hydrogen (secondary N) is 1. The number of hydrogen-bond donors (Lipinski definition) is 1. The lowest BCUT2D eigenvalue weighted by molar-refractivity contribution is 0.202. The van der Waals surface area contributed by atoms with E-state index in [2.05, 4.69) is 60.1 Å². The molecule has 0 fully saturated rings. The molecule has 0 aliphatic rings. The maximum absolute atomic E-state index is 5.13. The molecular weight excluding hydrogens is 278 g/mol. The van der Waals surface area contributed by atoms with Crippen molar-refractivity contribution in [1.29, 1.82) is 0 Å². The van der Waals surface area contributed by atoms with Crippen molar-refractivity contribution >= 4 is 11.8 Å². The van der Waals surface area contributed by atoms with Crippen molar-refractivity contribution in [2.45, 2.75) is 17.4 Å². The molecule has 2 nitrogen and oxygen atoms in total. The van der Waals surface area contributed by atoms with Crippen LogP contribution in [0.5, 0.6) is 0 Å². The lowest BCUT2D eigenvalue weighted by atomic mass is 9.97. The maximum Gasteiger partial charge on any atom is 0.0585 e. The predicted molar refractivity (Wildman–Crippen MR) is 91.1 cm³/mol. The van der Waals surface area contributed by atoms with Crippen LogP contribution in [-0.4, -0.2) is 27.0 Å². The van der Waals surface area contributed by atoms with Crippen LogP contribution < -0.4 is 5.32 Å². The molecule has 112 valence electrons. The van der Waals surface area contributed by atoms with Crippen molar-refractivity contribution < 1.29 is 4.74 Å². The Labute approximate surface area is 131 Å². The van der Waals surface area contributed by atoms with E-state index in [0.717, 1.165) is 13.0 Å². The summed E-state index contributed by atoms with van der Waals surface area (Å²) in [4.78, 5) is 1.32. The molecule has 21 heavy (non-hydrogen) atoms. The fourth-order valence-electron chi connectivity index (χ4n) is 2.50. The highest BCUT2D eigenvalue weighted by Gasteiger charge is 2.14. The van der Waals surface area contributed by atoms with Crippen LogP contribution in [0, 0.1) is 0 Å². The van der Waals surface area contributed by atoms with E-state index in [-0.39, 0.29) is 6.04 Å². The molecule has 0 aliphatic carbocycles. The second-order valence-electron chi connectivity index (χ2n) is 4.95. The third kappa shape index (κ3) is 4.10. The second-order valence-corrected chi connectivity index (χ2v) is 5.80. The molecule has 1 atom stereocenters. The van der Waals surface area contributed by atoms with E-state index < -0.39 is 0 Å². The van der Waals surface area contributed by atoms with E-state index in [1.165, 1.54) is 21.6 Å². The van der Waals surface area contributed by atoms with Crippen LogP contribution in [0.2, 0.25) is 0 Å². The van der Waals surface area contributed by atoms with E-state index >= 15 is 0 Å². The summed E-state index contributed by atoms with van der Waals surface area (Å²) in [6, 6.07) is 17.6. The van der Waals surface area contributed by atoms with Gasteiger partial charge in [-0.2, -0.15) is 0 Å². The molecule has 3 heteroatoms. The summed E-state index contributed by atoms with van der Waals surface area (Å²) in [5.74, 6) is 0. The Hall–Kier alpha value is -1.29. The third-order valence-electron chi connectivity index (χ3n) is 3.65. The number of benzene rings is 2. The van der Waals surface area contributed by atoms with Crippen LogP contribution in [0.1, 0.15) is 22.7 Å². The molecule has 2 aromatic carbocycles. The van der Waals surface area contributed by atoms with Crippen molar-refractivity contribution in [3.63, 3.8) is 0 Å². The van der Waals surface area contributed by atoms with E-state index in [9.17, 15) is 0 Å². The van der Waals surface area contributed by atoms with Crippen molar-refractivity contribution in [1.82, 2.24) is 5.32 Å². The molecule has 0 amide bonds. The number of ether oxygens (including phenoxy) is 1. The number of rotatable bonds is 7. The zero-order chi connectivity index (χ0) is 15.1. The van der Waals surface area contributed by atoms with Gasteiger partial charge in [0.2, 0.25) is 0 Å². The summed E-state index contributed by atoms with van der Waals surface area (Å²) in [5.41, 5.74) is 3.94. The van der Waals surface area contributed by atoms with Gasteiger partial charge < -0.3 is 10.1 Å². The molecule has 0 heterocycles. The predicted octanol–water partition coefficient (Wildman–Crippen LogP) is 3.91. The molecular formula is C18H23NOS. The van der Waals surface area contributed by atoms with Crippen LogP contribution in [-0.2, 0) is 11.2 Å². The summed E-state index contributed by atoms with van der Waals surface area (Å²) in [6.07, 6.45) is 3.09. The summed E-state index contributed by atoms with van der Waals surface area (Å²) in [7, 11) is 3.76. The highest BCUT2D eigenvalue weighted by atomic mass is 32.2.